The highest BCUT2D eigenvalue weighted by Crippen LogP contribution is 2.35. The molecule has 118 valence electrons. The number of rotatable bonds is 4. The van der Waals surface area contributed by atoms with Crippen LogP contribution in [0.25, 0.3) is 10.9 Å². The molecule has 0 bridgehead atoms. The zero-order valence-electron chi connectivity index (χ0n) is 12.6. The monoisotopic (exact) mass is 332 g/mol. The van der Waals surface area contributed by atoms with E-state index >= 15 is 0 Å². The van der Waals surface area contributed by atoms with Crippen molar-refractivity contribution < 1.29 is 13.9 Å². The van der Waals surface area contributed by atoms with Gasteiger partial charge >= 0.3 is 0 Å². The first-order valence-corrected chi connectivity index (χ1v) is 7.23. The smallest absolute Gasteiger partial charge is 0.162 e. The van der Waals surface area contributed by atoms with Gasteiger partial charge < -0.3 is 14.8 Å². The van der Waals surface area contributed by atoms with Crippen molar-refractivity contribution >= 4 is 33.9 Å². The molecule has 0 saturated carbocycles. The van der Waals surface area contributed by atoms with Gasteiger partial charge in [-0.05, 0) is 30.3 Å². The van der Waals surface area contributed by atoms with Crippen molar-refractivity contribution in [3.63, 3.8) is 0 Å². The topological polar surface area (TPSA) is 43.4 Å². The number of nitrogens with zero attached hydrogens (tertiary/aromatic N) is 1. The van der Waals surface area contributed by atoms with Crippen molar-refractivity contribution in [1.82, 2.24) is 4.98 Å². The van der Waals surface area contributed by atoms with Gasteiger partial charge in [-0.3, -0.25) is 4.98 Å². The second-order valence-electron chi connectivity index (χ2n) is 4.84. The second-order valence-corrected chi connectivity index (χ2v) is 5.24. The molecule has 3 aromatic rings. The number of ether oxygens (including phenoxy) is 2. The average molecular weight is 333 g/mol. The number of halogens is 2. The highest BCUT2D eigenvalue weighted by atomic mass is 35.5. The summed E-state index contributed by atoms with van der Waals surface area (Å²) in [5.41, 5.74) is 2.23. The predicted octanol–water partition coefficient (Wildman–Crippen LogP) is 4.79. The van der Waals surface area contributed by atoms with Gasteiger partial charge in [-0.2, -0.15) is 0 Å². The predicted molar refractivity (Wildman–Crippen MR) is 89.5 cm³/mol. The number of anilines is 2. The summed E-state index contributed by atoms with van der Waals surface area (Å²) in [7, 11) is 3.15. The molecule has 0 spiro atoms. The molecular formula is C17H14ClFN2O2. The maximum atomic E-state index is 13.3. The standard InChI is InChI=1S/C17H14ClFN2O2/c1-22-16-8-11-14(5-6-20-15(11)9-17(16)23-2)21-10-3-4-13(19)12(18)7-10/h3-9H,1-2H3,(H,20,21). The lowest BCUT2D eigenvalue weighted by Gasteiger charge is -2.13. The summed E-state index contributed by atoms with van der Waals surface area (Å²) in [6.45, 7) is 0. The van der Waals surface area contributed by atoms with E-state index in [4.69, 9.17) is 21.1 Å². The van der Waals surface area contributed by atoms with E-state index in [1.807, 2.05) is 12.1 Å². The van der Waals surface area contributed by atoms with E-state index in [2.05, 4.69) is 10.3 Å². The van der Waals surface area contributed by atoms with E-state index in [0.717, 1.165) is 16.6 Å². The number of aromatic nitrogens is 1. The minimum Gasteiger partial charge on any atom is -0.493 e. The Labute approximate surface area is 137 Å². The van der Waals surface area contributed by atoms with Crippen LogP contribution in [0.5, 0.6) is 11.5 Å². The van der Waals surface area contributed by atoms with Crippen LogP contribution >= 0.6 is 11.6 Å². The van der Waals surface area contributed by atoms with Gasteiger partial charge in [0.15, 0.2) is 11.5 Å². The van der Waals surface area contributed by atoms with E-state index < -0.39 is 5.82 Å². The van der Waals surface area contributed by atoms with Crippen LogP contribution in [0.15, 0.2) is 42.6 Å². The highest BCUT2D eigenvalue weighted by molar-refractivity contribution is 6.31. The number of benzene rings is 2. The summed E-state index contributed by atoms with van der Waals surface area (Å²) in [5, 5.41) is 4.13. The SMILES string of the molecule is COc1cc2nccc(Nc3ccc(F)c(Cl)c3)c2cc1OC. The zero-order valence-corrected chi connectivity index (χ0v) is 13.3. The molecule has 0 aliphatic heterocycles. The highest BCUT2D eigenvalue weighted by Gasteiger charge is 2.10. The van der Waals surface area contributed by atoms with Crippen LogP contribution in [0.1, 0.15) is 0 Å². The Bertz CT molecular complexity index is 871. The van der Waals surface area contributed by atoms with Crippen LogP contribution in [-0.2, 0) is 0 Å². The first-order chi connectivity index (χ1) is 11.1. The summed E-state index contributed by atoms with van der Waals surface area (Å²) in [6, 6.07) is 9.94. The Morgan fingerprint density at radius 1 is 1.04 bits per heavy atom. The normalized spacial score (nSPS) is 10.6. The van der Waals surface area contributed by atoms with Crippen molar-refractivity contribution in [3.05, 3.63) is 53.4 Å². The third kappa shape index (κ3) is 3.00. The van der Waals surface area contributed by atoms with E-state index in [1.54, 1.807) is 32.5 Å². The van der Waals surface area contributed by atoms with Gasteiger partial charge in [-0.1, -0.05) is 11.6 Å². The zero-order chi connectivity index (χ0) is 16.4. The molecule has 6 heteroatoms. The van der Waals surface area contributed by atoms with Gasteiger partial charge in [-0.15, -0.1) is 0 Å². The third-order valence-electron chi connectivity index (χ3n) is 3.45. The average Bonchev–Trinajstić information content (AvgIpc) is 2.57. The fourth-order valence-electron chi connectivity index (χ4n) is 2.31. The summed E-state index contributed by atoms with van der Waals surface area (Å²) >= 11 is 5.82. The fraction of sp³-hybridized carbons (Fsp3) is 0.118. The Hall–Kier alpha value is -2.53. The van der Waals surface area contributed by atoms with Crippen molar-refractivity contribution in [2.24, 2.45) is 0 Å². The van der Waals surface area contributed by atoms with E-state index in [9.17, 15) is 4.39 Å². The molecule has 0 radical (unpaired) electrons. The number of pyridine rings is 1. The fourth-order valence-corrected chi connectivity index (χ4v) is 2.49. The van der Waals surface area contributed by atoms with Gasteiger partial charge in [0, 0.05) is 29.0 Å². The molecule has 1 aromatic heterocycles. The molecule has 1 heterocycles. The maximum absolute atomic E-state index is 13.3. The van der Waals surface area contributed by atoms with E-state index in [1.165, 1.54) is 12.1 Å². The Morgan fingerprint density at radius 2 is 1.78 bits per heavy atom. The molecular weight excluding hydrogens is 319 g/mol. The molecule has 3 rings (SSSR count). The molecule has 0 saturated heterocycles. The van der Waals surface area contributed by atoms with Gasteiger partial charge in [0.05, 0.1) is 24.8 Å². The first kappa shape index (κ1) is 15.4. The number of fused-ring (bicyclic) bond motifs is 1. The van der Waals surface area contributed by atoms with E-state index in [-0.39, 0.29) is 5.02 Å². The van der Waals surface area contributed by atoms with Gasteiger partial charge in [0.1, 0.15) is 5.82 Å². The van der Waals surface area contributed by atoms with Gasteiger partial charge in [0.25, 0.3) is 0 Å². The summed E-state index contributed by atoms with van der Waals surface area (Å²) in [6.07, 6.45) is 1.68. The van der Waals surface area contributed by atoms with Crippen LogP contribution in [0.4, 0.5) is 15.8 Å². The summed E-state index contributed by atoms with van der Waals surface area (Å²) in [4.78, 5) is 4.34. The van der Waals surface area contributed by atoms with Crippen molar-refractivity contribution in [1.29, 1.82) is 0 Å². The molecule has 0 atom stereocenters. The van der Waals surface area contributed by atoms with Crippen LogP contribution < -0.4 is 14.8 Å². The largest absolute Gasteiger partial charge is 0.493 e. The quantitative estimate of drug-likeness (QED) is 0.746. The molecule has 23 heavy (non-hydrogen) atoms. The lowest BCUT2D eigenvalue weighted by atomic mass is 10.1. The van der Waals surface area contributed by atoms with Crippen LogP contribution in [0.2, 0.25) is 5.02 Å². The summed E-state index contributed by atoms with van der Waals surface area (Å²) in [5.74, 6) is 0.755. The number of hydrogen-bond acceptors (Lipinski definition) is 4. The van der Waals surface area contributed by atoms with Crippen LogP contribution in [0, 0.1) is 5.82 Å². The first-order valence-electron chi connectivity index (χ1n) is 6.85. The lowest BCUT2D eigenvalue weighted by molar-refractivity contribution is 0.356. The molecule has 4 nitrogen and oxygen atoms in total. The minimum atomic E-state index is -0.455. The lowest BCUT2D eigenvalue weighted by Crippen LogP contribution is -1.96. The Morgan fingerprint density at radius 3 is 2.48 bits per heavy atom. The third-order valence-corrected chi connectivity index (χ3v) is 3.74. The van der Waals surface area contributed by atoms with Crippen molar-refractivity contribution in [2.45, 2.75) is 0 Å². The summed E-state index contributed by atoms with van der Waals surface area (Å²) < 4.78 is 23.9. The van der Waals surface area contributed by atoms with Gasteiger partial charge in [-0.25, -0.2) is 4.39 Å². The van der Waals surface area contributed by atoms with Gasteiger partial charge in [0.2, 0.25) is 0 Å². The van der Waals surface area contributed by atoms with E-state index in [0.29, 0.717) is 17.2 Å². The molecule has 0 amide bonds. The molecule has 0 aliphatic rings. The second kappa shape index (κ2) is 6.30. The van der Waals surface area contributed by atoms with Crippen molar-refractivity contribution in [3.8, 4) is 11.5 Å². The van der Waals surface area contributed by atoms with Crippen LogP contribution in [0.3, 0.4) is 0 Å². The molecule has 1 N–H and O–H groups in total. The Kier molecular flexibility index (Phi) is 4.21. The maximum Gasteiger partial charge on any atom is 0.162 e. The molecule has 0 aliphatic carbocycles. The van der Waals surface area contributed by atoms with Crippen molar-refractivity contribution in [2.75, 3.05) is 19.5 Å². The minimum absolute atomic E-state index is 0.0626. The molecule has 0 unspecified atom stereocenters. The molecule has 2 aromatic carbocycles. The molecule has 0 fully saturated rings. The van der Waals surface area contributed by atoms with Crippen LogP contribution in [-0.4, -0.2) is 19.2 Å². The number of hydrogen-bond donors (Lipinski definition) is 1. The Balaban J connectivity index is 2.08. The number of nitrogens with one attached hydrogen (secondary N) is 1. The number of methoxy groups -OCH3 is 2.